The molecule has 0 aliphatic heterocycles. The van der Waals surface area contributed by atoms with Crippen LogP contribution in [0.5, 0.6) is 0 Å². The van der Waals surface area contributed by atoms with E-state index in [2.05, 4.69) is 5.32 Å². The quantitative estimate of drug-likeness (QED) is 0.673. The molecule has 1 amide bonds. The molecule has 20 heavy (non-hydrogen) atoms. The van der Waals surface area contributed by atoms with Gasteiger partial charge in [0.05, 0.1) is 5.75 Å². The van der Waals surface area contributed by atoms with Crippen LogP contribution < -0.4 is 5.32 Å². The number of rotatable bonds is 5. The van der Waals surface area contributed by atoms with Crippen LogP contribution in [0.1, 0.15) is 10.4 Å². The summed E-state index contributed by atoms with van der Waals surface area (Å²) in [6, 6.07) is 14.1. The van der Waals surface area contributed by atoms with Crippen molar-refractivity contribution in [2.45, 2.75) is 4.90 Å². The van der Waals surface area contributed by atoms with Crippen molar-refractivity contribution in [3.63, 3.8) is 0 Å². The van der Waals surface area contributed by atoms with Crippen molar-refractivity contribution >= 4 is 41.2 Å². The second-order valence-corrected chi connectivity index (χ2v) is 5.52. The van der Waals surface area contributed by atoms with Gasteiger partial charge in [0.25, 0.3) is 0 Å². The number of nitrogens with one attached hydrogen (secondary N) is 1. The Kier molecular flexibility index (Phi) is 5.21. The molecule has 0 saturated heterocycles. The summed E-state index contributed by atoms with van der Waals surface area (Å²) in [6.07, 6.45) is 0.790. The number of anilines is 1. The van der Waals surface area contributed by atoms with E-state index in [1.165, 1.54) is 11.8 Å². The van der Waals surface area contributed by atoms with Crippen LogP contribution in [0.2, 0.25) is 5.02 Å². The summed E-state index contributed by atoms with van der Waals surface area (Å²) in [7, 11) is 0. The number of hydrogen-bond acceptors (Lipinski definition) is 3. The minimum Gasteiger partial charge on any atom is -0.325 e. The van der Waals surface area contributed by atoms with Gasteiger partial charge in [0.1, 0.15) is 6.29 Å². The van der Waals surface area contributed by atoms with E-state index >= 15 is 0 Å². The van der Waals surface area contributed by atoms with Crippen LogP contribution in [0.3, 0.4) is 0 Å². The second kappa shape index (κ2) is 7.12. The summed E-state index contributed by atoms with van der Waals surface area (Å²) in [6.45, 7) is 0. The Balaban J connectivity index is 1.88. The van der Waals surface area contributed by atoms with E-state index in [9.17, 15) is 9.59 Å². The zero-order valence-electron chi connectivity index (χ0n) is 10.5. The molecule has 0 aromatic heterocycles. The second-order valence-electron chi connectivity index (χ2n) is 4.03. The molecule has 0 atom stereocenters. The molecule has 0 heterocycles. The largest absolute Gasteiger partial charge is 0.325 e. The Bertz CT molecular complexity index is 614. The van der Waals surface area contributed by atoms with Gasteiger partial charge >= 0.3 is 0 Å². The van der Waals surface area contributed by atoms with Crippen molar-refractivity contribution in [3.8, 4) is 0 Å². The smallest absolute Gasteiger partial charge is 0.234 e. The lowest BCUT2D eigenvalue weighted by Crippen LogP contribution is -2.13. The van der Waals surface area contributed by atoms with Crippen molar-refractivity contribution in [2.24, 2.45) is 0 Å². The van der Waals surface area contributed by atoms with Gasteiger partial charge in [-0.2, -0.15) is 0 Å². The van der Waals surface area contributed by atoms with Crippen molar-refractivity contribution < 1.29 is 9.59 Å². The monoisotopic (exact) mass is 305 g/mol. The number of amides is 1. The van der Waals surface area contributed by atoms with E-state index in [-0.39, 0.29) is 11.7 Å². The van der Waals surface area contributed by atoms with E-state index in [0.29, 0.717) is 16.3 Å². The molecular weight excluding hydrogens is 294 g/mol. The molecule has 3 nitrogen and oxygen atoms in total. The fourth-order valence-electron chi connectivity index (χ4n) is 1.56. The highest BCUT2D eigenvalue weighted by molar-refractivity contribution is 8.00. The molecular formula is C15H12ClNO2S. The molecule has 0 spiro atoms. The number of carbonyl (C=O) groups excluding carboxylic acids is 2. The Labute approximate surface area is 126 Å². The topological polar surface area (TPSA) is 46.2 Å². The predicted molar refractivity (Wildman–Crippen MR) is 82.6 cm³/mol. The van der Waals surface area contributed by atoms with Gasteiger partial charge in [0.15, 0.2) is 0 Å². The summed E-state index contributed by atoms with van der Waals surface area (Å²) in [5.74, 6) is 0.180. The number of thioether (sulfide) groups is 1. The first kappa shape index (κ1) is 14.6. The normalized spacial score (nSPS) is 10.1. The Morgan fingerprint density at radius 2 is 1.95 bits per heavy atom. The molecule has 2 aromatic rings. The van der Waals surface area contributed by atoms with Crippen LogP contribution in [-0.4, -0.2) is 17.9 Å². The number of carbonyl (C=O) groups is 2. The molecule has 0 aliphatic rings. The summed E-state index contributed by atoms with van der Waals surface area (Å²) < 4.78 is 0. The van der Waals surface area contributed by atoms with Gasteiger partial charge in [-0.15, -0.1) is 11.8 Å². The van der Waals surface area contributed by atoms with Crippen molar-refractivity contribution in [1.29, 1.82) is 0 Å². The molecule has 2 aromatic carbocycles. The number of aldehydes is 1. The molecule has 2 rings (SSSR count). The lowest BCUT2D eigenvalue weighted by atomic mass is 10.2. The van der Waals surface area contributed by atoms with Crippen LogP contribution >= 0.6 is 23.4 Å². The highest BCUT2D eigenvalue weighted by Gasteiger charge is 2.04. The summed E-state index contributed by atoms with van der Waals surface area (Å²) in [5, 5.41) is 3.41. The molecule has 1 N–H and O–H groups in total. The lowest BCUT2D eigenvalue weighted by Gasteiger charge is -2.05. The maximum Gasteiger partial charge on any atom is 0.234 e. The van der Waals surface area contributed by atoms with Gasteiger partial charge in [-0.1, -0.05) is 23.7 Å². The predicted octanol–water partition coefficient (Wildman–Crippen LogP) is 3.88. The third-order valence-electron chi connectivity index (χ3n) is 2.49. The lowest BCUT2D eigenvalue weighted by molar-refractivity contribution is -0.113. The minimum atomic E-state index is -0.103. The van der Waals surface area contributed by atoms with Crippen molar-refractivity contribution in [2.75, 3.05) is 11.1 Å². The van der Waals surface area contributed by atoms with Crippen molar-refractivity contribution in [3.05, 3.63) is 59.1 Å². The molecule has 5 heteroatoms. The van der Waals surface area contributed by atoms with E-state index < -0.39 is 0 Å². The van der Waals surface area contributed by atoms with Gasteiger partial charge in [0.2, 0.25) is 5.91 Å². The van der Waals surface area contributed by atoms with Gasteiger partial charge in [-0.05, 0) is 36.4 Å². The van der Waals surface area contributed by atoms with E-state index in [1.54, 1.807) is 42.5 Å². The SMILES string of the molecule is O=Cc1cccc(SCC(=O)Nc2ccc(Cl)cc2)c1. The minimum absolute atomic E-state index is 0.103. The van der Waals surface area contributed by atoms with Crippen LogP contribution in [0, 0.1) is 0 Å². The maximum atomic E-state index is 11.8. The van der Waals surface area contributed by atoms with Gasteiger partial charge in [-0.3, -0.25) is 9.59 Å². The first-order chi connectivity index (χ1) is 9.67. The molecule has 102 valence electrons. The van der Waals surface area contributed by atoms with Crippen LogP contribution in [0.25, 0.3) is 0 Å². The van der Waals surface area contributed by atoms with Crippen LogP contribution in [0.15, 0.2) is 53.4 Å². The Hall–Kier alpha value is -1.78. The first-order valence-corrected chi connectivity index (χ1v) is 7.27. The molecule has 0 radical (unpaired) electrons. The first-order valence-electron chi connectivity index (χ1n) is 5.91. The van der Waals surface area contributed by atoms with Crippen LogP contribution in [-0.2, 0) is 4.79 Å². The Morgan fingerprint density at radius 3 is 2.65 bits per heavy atom. The highest BCUT2D eigenvalue weighted by Crippen LogP contribution is 2.19. The molecule has 0 aliphatic carbocycles. The average Bonchev–Trinajstić information content (AvgIpc) is 2.48. The zero-order chi connectivity index (χ0) is 14.4. The van der Waals surface area contributed by atoms with Crippen LogP contribution in [0.4, 0.5) is 5.69 Å². The third-order valence-corrected chi connectivity index (χ3v) is 3.74. The Morgan fingerprint density at radius 1 is 1.20 bits per heavy atom. The number of halogens is 1. The summed E-state index contributed by atoms with van der Waals surface area (Å²) in [4.78, 5) is 23.3. The molecule has 0 bridgehead atoms. The maximum absolute atomic E-state index is 11.8. The summed E-state index contributed by atoms with van der Waals surface area (Å²) >= 11 is 7.16. The number of hydrogen-bond donors (Lipinski definition) is 1. The number of benzene rings is 2. The van der Waals surface area contributed by atoms with Gasteiger partial charge < -0.3 is 5.32 Å². The molecule has 0 saturated carbocycles. The fourth-order valence-corrected chi connectivity index (χ4v) is 2.45. The zero-order valence-corrected chi connectivity index (χ0v) is 12.1. The standard InChI is InChI=1S/C15H12ClNO2S/c16-12-4-6-13(7-5-12)17-15(19)10-20-14-3-1-2-11(8-14)9-18/h1-9H,10H2,(H,17,19). The van der Waals surface area contributed by atoms with Gasteiger partial charge in [-0.25, -0.2) is 0 Å². The fraction of sp³-hybridized carbons (Fsp3) is 0.0667. The van der Waals surface area contributed by atoms with E-state index in [0.717, 1.165) is 11.2 Å². The van der Waals surface area contributed by atoms with Gasteiger partial charge in [0, 0.05) is 21.2 Å². The average molecular weight is 306 g/mol. The van der Waals surface area contributed by atoms with Crippen molar-refractivity contribution in [1.82, 2.24) is 0 Å². The van der Waals surface area contributed by atoms with E-state index in [1.807, 2.05) is 6.07 Å². The summed E-state index contributed by atoms with van der Waals surface area (Å²) in [5.41, 5.74) is 1.31. The third kappa shape index (κ3) is 4.40. The van der Waals surface area contributed by atoms with E-state index in [4.69, 9.17) is 11.6 Å². The molecule has 0 unspecified atom stereocenters. The highest BCUT2D eigenvalue weighted by atomic mass is 35.5. The molecule has 0 fully saturated rings.